The number of hydrogen-bond acceptors (Lipinski definition) is 3. The standard InChI is InChI=1S/C22H25FN2O2/c23-18-9-7-16(8-10-18)14-25-20(17-5-2-1-3-6-17)19(26)13-22(21(25)27)11-4-12-24-15-22/h1-3,5-10,19-20,24,26H,4,11-15H2/t19-,20+,22+/m1/s1. The number of benzene rings is 2. The lowest BCUT2D eigenvalue weighted by Crippen LogP contribution is -2.59. The van der Waals surface area contributed by atoms with Crippen LogP contribution in [0.25, 0.3) is 0 Å². The highest BCUT2D eigenvalue weighted by molar-refractivity contribution is 5.85. The molecule has 0 aliphatic carbocycles. The number of piperidine rings is 2. The highest BCUT2D eigenvalue weighted by Gasteiger charge is 2.51. The molecule has 2 saturated heterocycles. The average molecular weight is 368 g/mol. The van der Waals surface area contributed by atoms with E-state index in [1.54, 1.807) is 17.0 Å². The summed E-state index contributed by atoms with van der Waals surface area (Å²) >= 11 is 0. The third-order valence-electron chi connectivity index (χ3n) is 5.89. The molecule has 0 aromatic heterocycles. The van der Waals surface area contributed by atoms with Crippen LogP contribution in [0.3, 0.4) is 0 Å². The van der Waals surface area contributed by atoms with Gasteiger partial charge in [0, 0.05) is 13.1 Å². The smallest absolute Gasteiger partial charge is 0.231 e. The Morgan fingerprint density at radius 3 is 2.56 bits per heavy atom. The SMILES string of the molecule is O=C1N(Cc2ccc(F)cc2)[C@@H](c2ccccc2)[C@H](O)C[C@]12CCCNC2. The van der Waals surface area contributed by atoms with Gasteiger partial charge in [0.15, 0.2) is 0 Å². The topological polar surface area (TPSA) is 52.6 Å². The van der Waals surface area contributed by atoms with Gasteiger partial charge in [-0.15, -0.1) is 0 Å². The second-order valence-corrected chi connectivity index (χ2v) is 7.75. The van der Waals surface area contributed by atoms with Crippen molar-refractivity contribution in [3.05, 3.63) is 71.5 Å². The highest BCUT2D eigenvalue weighted by Crippen LogP contribution is 2.45. The second kappa shape index (κ2) is 7.41. The second-order valence-electron chi connectivity index (χ2n) is 7.75. The van der Waals surface area contributed by atoms with E-state index in [4.69, 9.17) is 0 Å². The highest BCUT2D eigenvalue weighted by atomic mass is 19.1. The number of carbonyl (C=O) groups excluding carboxylic acids is 1. The van der Waals surface area contributed by atoms with Gasteiger partial charge in [-0.1, -0.05) is 42.5 Å². The van der Waals surface area contributed by atoms with Crippen LogP contribution in [0.4, 0.5) is 4.39 Å². The van der Waals surface area contributed by atoms with E-state index < -0.39 is 17.6 Å². The fraction of sp³-hybridized carbons (Fsp3) is 0.409. The van der Waals surface area contributed by atoms with Crippen molar-refractivity contribution in [1.82, 2.24) is 10.2 Å². The summed E-state index contributed by atoms with van der Waals surface area (Å²) in [5.41, 5.74) is 1.24. The molecular formula is C22H25FN2O2. The minimum Gasteiger partial charge on any atom is -0.391 e. The van der Waals surface area contributed by atoms with Crippen molar-refractivity contribution in [1.29, 1.82) is 0 Å². The van der Waals surface area contributed by atoms with E-state index in [0.29, 0.717) is 19.5 Å². The largest absolute Gasteiger partial charge is 0.391 e. The van der Waals surface area contributed by atoms with Gasteiger partial charge in [-0.3, -0.25) is 4.79 Å². The molecule has 3 atom stereocenters. The summed E-state index contributed by atoms with van der Waals surface area (Å²) in [6, 6.07) is 15.5. The lowest BCUT2D eigenvalue weighted by molar-refractivity contribution is -0.162. The number of aliphatic hydroxyl groups is 1. The predicted molar refractivity (Wildman–Crippen MR) is 101 cm³/mol. The molecule has 5 heteroatoms. The molecule has 2 aromatic rings. The number of likely N-dealkylation sites (tertiary alicyclic amines) is 1. The predicted octanol–water partition coefficient (Wildman–Crippen LogP) is 3.03. The fourth-order valence-electron chi connectivity index (χ4n) is 4.57. The molecule has 2 N–H and O–H groups in total. The van der Waals surface area contributed by atoms with Crippen LogP contribution in [-0.4, -0.2) is 35.1 Å². The van der Waals surface area contributed by atoms with E-state index in [0.717, 1.165) is 30.5 Å². The first kappa shape index (κ1) is 18.1. The number of nitrogens with one attached hydrogen (secondary N) is 1. The summed E-state index contributed by atoms with van der Waals surface area (Å²) in [5.74, 6) is -0.213. The lowest BCUT2D eigenvalue weighted by atomic mass is 9.70. The summed E-state index contributed by atoms with van der Waals surface area (Å²) in [7, 11) is 0. The van der Waals surface area contributed by atoms with Crippen LogP contribution in [0.2, 0.25) is 0 Å². The molecule has 2 fully saturated rings. The number of hydrogen-bond donors (Lipinski definition) is 2. The van der Waals surface area contributed by atoms with Crippen molar-refractivity contribution in [2.75, 3.05) is 13.1 Å². The molecular weight excluding hydrogens is 343 g/mol. The van der Waals surface area contributed by atoms with Crippen molar-refractivity contribution in [3.8, 4) is 0 Å². The molecule has 142 valence electrons. The molecule has 2 aliphatic heterocycles. The van der Waals surface area contributed by atoms with Gasteiger partial charge in [0.25, 0.3) is 0 Å². The van der Waals surface area contributed by atoms with Crippen molar-refractivity contribution in [2.24, 2.45) is 5.41 Å². The quantitative estimate of drug-likeness (QED) is 0.876. The molecule has 1 spiro atoms. The molecule has 27 heavy (non-hydrogen) atoms. The Labute approximate surface area is 159 Å². The Morgan fingerprint density at radius 1 is 1.15 bits per heavy atom. The molecule has 4 rings (SSSR count). The monoisotopic (exact) mass is 368 g/mol. The van der Waals surface area contributed by atoms with Crippen LogP contribution >= 0.6 is 0 Å². The number of amides is 1. The van der Waals surface area contributed by atoms with E-state index in [1.165, 1.54) is 12.1 Å². The van der Waals surface area contributed by atoms with Crippen molar-refractivity contribution >= 4 is 5.91 Å². The van der Waals surface area contributed by atoms with E-state index in [-0.39, 0.29) is 11.7 Å². The summed E-state index contributed by atoms with van der Waals surface area (Å²) in [4.78, 5) is 15.4. The number of aliphatic hydroxyl groups excluding tert-OH is 1. The van der Waals surface area contributed by atoms with E-state index in [9.17, 15) is 14.3 Å². The maximum absolute atomic E-state index is 13.6. The van der Waals surface area contributed by atoms with Crippen LogP contribution < -0.4 is 5.32 Å². The van der Waals surface area contributed by atoms with Gasteiger partial charge in [-0.2, -0.15) is 0 Å². The third-order valence-corrected chi connectivity index (χ3v) is 5.89. The number of carbonyl (C=O) groups is 1. The zero-order chi connectivity index (χ0) is 18.9. The number of halogens is 1. The molecule has 2 aromatic carbocycles. The Bertz CT molecular complexity index is 788. The minimum atomic E-state index is -0.634. The zero-order valence-electron chi connectivity index (χ0n) is 15.3. The molecule has 0 bridgehead atoms. The lowest BCUT2D eigenvalue weighted by Gasteiger charge is -2.50. The van der Waals surface area contributed by atoms with E-state index >= 15 is 0 Å². The summed E-state index contributed by atoms with van der Waals surface area (Å²) < 4.78 is 13.3. The van der Waals surface area contributed by atoms with Gasteiger partial charge >= 0.3 is 0 Å². The molecule has 2 aliphatic rings. The average Bonchev–Trinajstić information content (AvgIpc) is 2.69. The Kier molecular flexibility index (Phi) is 4.98. The first-order chi connectivity index (χ1) is 13.1. The molecule has 0 unspecified atom stereocenters. The van der Waals surface area contributed by atoms with Crippen molar-refractivity contribution in [3.63, 3.8) is 0 Å². The first-order valence-corrected chi connectivity index (χ1v) is 9.58. The van der Waals surface area contributed by atoms with Crippen LogP contribution in [0.1, 0.15) is 36.4 Å². The molecule has 0 radical (unpaired) electrons. The van der Waals surface area contributed by atoms with Gasteiger partial charge in [0.2, 0.25) is 5.91 Å². The Balaban J connectivity index is 1.71. The van der Waals surface area contributed by atoms with Gasteiger partial charge < -0.3 is 15.3 Å². The Morgan fingerprint density at radius 2 is 1.89 bits per heavy atom. The number of rotatable bonds is 3. The Hall–Kier alpha value is -2.24. The normalized spacial score (nSPS) is 28.5. The fourth-order valence-corrected chi connectivity index (χ4v) is 4.57. The number of nitrogens with zero attached hydrogens (tertiary/aromatic N) is 1. The third kappa shape index (κ3) is 3.49. The summed E-state index contributed by atoms with van der Waals surface area (Å²) in [5, 5.41) is 14.4. The van der Waals surface area contributed by atoms with Crippen LogP contribution in [-0.2, 0) is 11.3 Å². The van der Waals surface area contributed by atoms with Crippen molar-refractivity contribution in [2.45, 2.75) is 38.0 Å². The van der Waals surface area contributed by atoms with Crippen LogP contribution in [0.5, 0.6) is 0 Å². The van der Waals surface area contributed by atoms with E-state index in [2.05, 4.69) is 5.32 Å². The van der Waals surface area contributed by atoms with E-state index in [1.807, 2.05) is 30.3 Å². The molecule has 4 nitrogen and oxygen atoms in total. The maximum Gasteiger partial charge on any atom is 0.231 e. The zero-order valence-corrected chi connectivity index (χ0v) is 15.3. The molecule has 1 amide bonds. The van der Waals surface area contributed by atoms with Crippen LogP contribution in [0, 0.1) is 11.2 Å². The summed E-state index contributed by atoms with van der Waals surface area (Å²) in [6.45, 7) is 1.87. The molecule has 2 heterocycles. The first-order valence-electron chi connectivity index (χ1n) is 9.58. The van der Waals surface area contributed by atoms with Crippen LogP contribution in [0.15, 0.2) is 54.6 Å². The van der Waals surface area contributed by atoms with Gasteiger partial charge in [-0.05, 0) is 49.1 Å². The van der Waals surface area contributed by atoms with Crippen molar-refractivity contribution < 1.29 is 14.3 Å². The van der Waals surface area contributed by atoms with Gasteiger partial charge in [0.1, 0.15) is 5.82 Å². The maximum atomic E-state index is 13.6. The van der Waals surface area contributed by atoms with Gasteiger partial charge in [-0.25, -0.2) is 4.39 Å². The van der Waals surface area contributed by atoms with Gasteiger partial charge in [0.05, 0.1) is 17.6 Å². The molecule has 0 saturated carbocycles. The summed E-state index contributed by atoms with van der Waals surface area (Å²) in [6.07, 6.45) is 1.56. The minimum absolute atomic E-state index is 0.0816.